The summed E-state index contributed by atoms with van der Waals surface area (Å²) in [6.07, 6.45) is 4.00. The molecule has 234 valence electrons. The SMILES string of the molecule is CC(C)(C)C(=O)/C=C(\O)C(C)(C)C.CC(C)(C)C(=O)/C=C(\O)C(C)(C)C.CC(C)(C)C(=O)/C=C(\O)C(C)(C)C.[Sm]. The summed E-state index contributed by atoms with van der Waals surface area (Å²) in [6.45, 7) is 33.3. The van der Waals surface area contributed by atoms with Crippen molar-refractivity contribution in [1.29, 1.82) is 0 Å². The van der Waals surface area contributed by atoms with Gasteiger partial charge in [-0.1, -0.05) is 125 Å². The normalized spacial score (nSPS) is 14.1. The van der Waals surface area contributed by atoms with E-state index in [1.165, 1.54) is 18.2 Å². The number of aliphatic hydroxyl groups is 3. The first-order chi connectivity index (χ1) is 16.6. The molecule has 0 aliphatic heterocycles. The monoisotopic (exact) mass is 704 g/mol. The summed E-state index contributed by atoms with van der Waals surface area (Å²) in [4.78, 5) is 34.5. The number of allylic oxidation sites excluding steroid dienone is 6. The number of hydrogen-bond donors (Lipinski definition) is 3. The van der Waals surface area contributed by atoms with E-state index in [4.69, 9.17) is 0 Å². The van der Waals surface area contributed by atoms with Crippen LogP contribution in [0.2, 0.25) is 0 Å². The van der Waals surface area contributed by atoms with Crippen molar-refractivity contribution >= 4 is 17.3 Å². The standard InChI is InChI=1S/3C11H20O2.Sm/c3*1-10(2,3)8(12)7-9(13)11(4,5)6;/h3*7,12H,1-6H3;/b3*8-7-;. The molecule has 0 bridgehead atoms. The molecule has 0 atom stereocenters. The molecule has 0 radical (unpaired) electrons. The molecule has 0 aromatic heterocycles. The van der Waals surface area contributed by atoms with Crippen molar-refractivity contribution in [3.8, 4) is 0 Å². The maximum Gasteiger partial charge on any atom is 0.164 e. The minimum atomic E-state index is -0.417. The Morgan fingerprint density at radius 2 is 0.475 bits per heavy atom. The van der Waals surface area contributed by atoms with Gasteiger partial charge in [-0.2, -0.15) is 0 Å². The third kappa shape index (κ3) is 21.7. The van der Waals surface area contributed by atoms with E-state index in [0.29, 0.717) is 0 Å². The van der Waals surface area contributed by atoms with Crippen LogP contribution in [0.5, 0.6) is 0 Å². The average molecular weight is 703 g/mol. The van der Waals surface area contributed by atoms with Crippen molar-refractivity contribution in [2.75, 3.05) is 0 Å². The van der Waals surface area contributed by atoms with Gasteiger partial charge in [0.2, 0.25) is 0 Å². The van der Waals surface area contributed by atoms with E-state index >= 15 is 0 Å². The third-order valence-electron chi connectivity index (χ3n) is 5.33. The fourth-order valence-corrected chi connectivity index (χ4v) is 1.67. The number of ketones is 3. The smallest absolute Gasteiger partial charge is 0.164 e. The summed E-state index contributed by atoms with van der Waals surface area (Å²) < 4.78 is 0. The number of aliphatic hydroxyl groups excluding tert-OH is 3. The summed E-state index contributed by atoms with van der Waals surface area (Å²) in [7, 11) is 0. The van der Waals surface area contributed by atoms with Gasteiger partial charge in [-0.15, -0.1) is 0 Å². The van der Waals surface area contributed by atoms with E-state index < -0.39 is 16.2 Å². The van der Waals surface area contributed by atoms with Gasteiger partial charge in [-0.25, -0.2) is 0 Å². The molecule has 0 amide bonds. The molecule has 0 rings (SSSR count). The second kappa shape index (κ2) is 16.6. The van der Waals surface area contributed by atoms with Crippen LogP contribution in [0.25, 0.3) is 0 Å². The van der Waals surface area contributed by atoms with Crippen LogP contribution in [0.1, 0.15) is 125 Å². The second-order valence-electron chi connectivity index (χ2n) is 16.2. The first-order valence-corrected chi connectivity index (χ1v) is 13.5. The van der Waals surface area contributed by atoms with Crippen LogP contribution in [-0.4, -0.2) is 32.7 Å². The molecule has 0 saturated carbocycles. The van der Waals surface area contributed by atoms with Gasteiger partial charge in [0.25, 0.3) is 0 Å². The molecular formula is C33H60O6Sm. The van der Waals surface area contributed by atoms with Crippen molar-refractivity contribution < 1.29 is 70.1 Å². The van der Waals surface area contributed by atoms with Crippen LogP contribution >= 0.6 is 0 Å². The Hall–Kier alpha value is -1.03. The molecule has 0 aliphatic carbocycles. The second-order valence-corrected chi connectivity index (χ2v) is 16.2. The summed E-state index contributed by atoms with van der Waals surface area (Å²) >= 11 is 0. The van der Waals surface area contributed by atoms with Crippen LogP contribution in [0.15, 0.2) is 35.5 Å². The Balaban J connectivity index is -0.000000240. The van der Waals surface area contributed by atoms with Crippen molar-refractivity contribution in [1.82, 2.24) is 0 Å². The Bertz CT molecular complexity index is 801. The Kier molecular flexibility index (Phi) is 19.0. The zero-order valence-electron chi connectivity index (χ0n) is 28.7. The molecule has 0 aromatic carbocycles. The molecule has 0 heterocycles. The zero-order chi connectivity index (χ0) is 32.6. The fourth-order valence-electron chi connectivity index (χ4n) is 1.67. The molecule has 0 fully saturated rings. The topological polar surface area (TPSA) is 112 Å². The number of carbonyl (C=O) groups excluding carboxylic acids is 3. The van der Waals surface area contributed by atoms with Crippen molar-refractivity contribution in [2.24, 2.45) is 32.5 Å². The van der Waals surface area contributed by atoms with Gasteiger partial charge in [0, 0.05) is 91.1 Å². The third-order valence-corrected chi connectivity index (χ3v) is 5.33. The zero-order valence-corrected chi connectivity index (χ0v) is 31.3. The molecule has 40 heavy (non-hydrogen) atoms. The van der Waals surface area contributed by atoms with Gasteiger partial charge < -0.3 is 15.3 Å². The van der Waals surface area contributed by atoms with E-state index in [2.05, 4.69) is 0 Å². The van der Waals surface area contributed by atoms with Crippen LogP contribution in [0, 0.1) is 72.9 Å². The van der Waals surface area contributed by atoms with Crippen molar-refractivity contribution in [3.05, 3.63) is 35.5 Å². The Morgan fingerprint density at radius 1 is 0.350 bits per heavy atom. The predicted molar refractivity (Wildman–Crippen MR) is 164 cm³/mol. The first kappa shape index (κ1) is 45.9. The maximum absolute atomic E-state index is 11.5. The number of carbonyl (C=O) groups is 3. The van der Waals surface area contributed by atoms with Crippen molar-refractivity contribution in [2.45, 2.75) is 125 Å². The van der Waals surface area contributed by atoms with Gasteiger partial charge >= 0.3 is 0 Å². The van der Waals surface area contributed by atoms with Gasteiger partial charge in [-0.05, 0) is 0 Å². The number of rotatable bonds is 3. The van der Waals surface area contributed by atoms with E-state index in [1.54, 1.807) is 0 Å². The molecule has 0 spiro atoms. The minimum absolute atomic E-state index is 0. The van der Waals surface area contributed by atoms with E-state index in [0.717, 1.165) is 0 Å². The van der Waals surface area contributed by atoms with Crippen LogP contribution in [0.3, 0.4) is 0 Å². The van der Waals surface area contributed by atoms with Crippen LogP contribution in [-0.2, 0) is 14.4 Å². The molecule has 0 aliphatic rings. The van der Waals surface area contributed by atoms with Crippen LogP contribution in [0.4, 0.5) is 0 Å². The van der Waals surface area contributed by atoms with Gasteiger partial charge in [0.15, 0.2) is 17.3 Å². The van der Waals surface area contributed by atoms with E-state index in [1.807, 2.05) is 125 Å². The molecule has 0 unspecified atom stereocenters. The fraction of sp³-hybridized carbons (Fsp3) is 0.727. The predicted octanol–water partition coefficient (Wildman–Crippen LogP) is 9.27. The number of hydrogen-bond acceptors (Lipinski definition) is 6. The summed E-state index contributed by atoms with van der Waals surface area (Å²) in [5, 5.41) is 28.7. The molecule has 7 heteroatoms. The largest absolute Gasteiger partial charge is 0.512 e. The Labute approximate surface area is 278 Å². The molecule has 6 nitrogen and oxygen atoms in total. The van der Waals surface area contributed by atoms with Gasteiger partial charge in [-0.3, -0.25) is 14.4 Å². The summed E-state index contributed by atoms with van der Waals surface area (Å²) in [6, 6.07) is 0. The summed E-state index contributed by atoms with van der Waals surface area (Å²) in [5.74, 6) is 0.312. The minimum Gasteiger partial charge on any atom is -0.512 e. The van der Waals surface area contributed by atoms with E-state index in [-0.39, 0.29) is 91.3 Å². The maximum atomic E-state index is 11.5. The molecule has 3 N–H and O–H groups in total. The van der Waals surface area contributed by atoms with Gasteiger partial charge in [0.1, 0.15) is 17.3 Å². The van der Waals surface area contributed by atoms with Crippen LogP contribution < -0.4 is 0 Å². The Morgan fingerprint density at radius 3 is 0.550 bits per heavy atom. The first-order valence-electron chi connectivity index (χ1n) is 13.5. The average Bonchev–Trinajstić information content (AvgIpc) is 2.64. The van der Waals surface area contributed by atoms with E-state index in [9.17, 15) is 29.7 Å². The van der Waals surface area contributed by atoms with Crippen molar-refractivity contribution in [3.63, 3.8) is 0 Å². The molecule has 0 aromatic rings. The molecular weight excluding hydrogens is 643 g/mol. The molecule has 0 saturated heterocycles. The van der Waals surface area contributed by atoms with Gasteiger partial charge in [0.05, 0.1) is 0 Å². The quantitative estimate of drug-likeness (QED) is 0.200. The summed E-state index contributed by atoms with van der Waals surface area (Å²) in [5.41, 5.74) is -2.29.